The van der Waals surface area contributed by atoms with E-state index in [1.807, 2.05) is 0 Å². The van der Waals surface area contributed by atoms with E-state index in [2.05, 4.69) is 0 Å². The van der Waals surface area contributed by atoms with Crippen LogP contribution in [0.25, 0.3) is 0 Å². The second-order valence-electron chi connectivity index (χ2n) is 9.15. The highest BCUT2D eigenvalue weighted by Crippen LogP contribution is 2.44. The highest BCUT2D eigenvalue weighted by Gasteiger charge is 2.60. The molecule has 0 unspecified atom stereocenters. The van der Waals surface area contributed by atoms with Crippen molar-refractivity contribution in [1.82, 2.24) is 0 Å². The molecule has 1 aromatic carbocycles. The van der Waals surface area contributed by atoms with Gasteiger partial charge in [-0.05, 0) is 33.8 Å². The first kappa shape index (κ1) is 25.4. The maximum Gasteiger partial charge on any atom is 0.508 e. The van der Waals surface area contributed by atoms with E-state index in [1.165, 1.54) is 26.4 Å². The molecule has 0 bridgehead atoms. The lowest BCUT2D eigenvalue weighted by molar-refractivity contribution is -0.385. The molecule has 0 saturated carbocycles. The molecular weight excluding hydrogens is 470 g/mol. The molecule has 3 saturated heterocycles. The van der Waals surface area contributed by atoms with Crippen molar-refractivity contribution in [2.45, 2.75) is 76.6 Å². The molecule has 3 aliphatic rings. The number of fused-ring (bicyclic) bond motifs is 3. The van der Waals surface area contributed by atoms with Crippen molar-refractivity contribution in [1.29, 1.82) is 0 Å². The Morgan fingerprint density at radius 1 is 0.943 bits per heavy atom. The summed E-state index contributed by atoms with van der Waals surface area (Å²) in [6, 6.07) is 2.56. The van der Waals surface area contributed by atoms with E-state index in [0.29, 0.717) is 0 Å². The minimum Gasteiger partial charge on any atom is -0.493 e. The Labute approximate surface area is 201 Å². The van der Waals surface area contributed by atoms with Gasteiger partial charge >= 0.3 is 6.16 Å². The molecule has 0 aliphatic carbocycles. The average Bonchev–Trinajstić information content (AvgIpc) is 3.28. The van der Waals surface area contributed by atoms with Gasteiger partial charge in [-0.15, -0.1) is 0 Å². The van der Waals surface area contributed by atoms with Crippen LogP contribution >= 0.6 is 0 Å². The van der Waals surface area contributed by atoms with Crippen LogP contribution in [0.3, 0.4) is 0 Å². The van der Waals surface area contributed by atoms with Gasteiger partial charge in [-0.25, -0.2) is 4.79 Å². The van der Waals surface area contributed by atoms with Crippen LogP contribution in [-0.4, -0.2) is 74.2 Å². The van der Waals surface area contributed by atoms with Crippen LogP contribution in [-0.2, 0) is 39.8 Å². The van der Waals surface area contributed by atoms with Crippen LogP contribution in [0.15, 0.2) is 12.1 Å². The van der Waals surface area contributed by atoms with Crippen molar-refractivity contribution >= 4 is 11.8 Å². The zero-order valence-electron chi connectivity index (χ0n) is 20.3. The molecule has 13 nitrogen and oxygen atoms in total. The van der Waals surface area contributed by atoms with Gasteiger partial charge in [-0.3, -0.25) is 10.1 Å². The summed E-state index contributed by atoms with van der Waals surface area (Å²) in [6.45, 7) is 6.42. The first-order valence-corrected chi connectivity index (χ1v) is 11.0. The summed E-state index contributed by atoms with van der Waals surface area (Å²) in [7, 11) is 2.75. The lowest BCUT2D eigenvalue weighted by Crippen LogP contribution is -2.56. The number of hydrogen-bond acceptors (Lipinski definition) is 12. The van der Waals surface area contributed by atoms with Gasteiger partial charge in [0.15, 0.2) is 29.4 Å². The Bertz CT molecular complexity index is 979. The summed E-state index contributed by atoms with van der Waals surface area (Å²) >= 11 is 0. The molecule has 0 amide bonds. The van der Waals surface area contributed by atoms with Crippen LogP contribution in [0.4, 0.5) is 10.5 Å². The molecule has 194 valence electrons. The third-order valence-corrected chi connectivity index (χ3v) is 5.74. The van der Waals surface area contributed by atoms with Gasteiger partial charge < -0.3 is 42.6 Å². The largest absolute Gasteiger partial charge is 0.508 e. The number of ether oxygens (including phenoxy) is 9. The van der Waals surface area contributed by atoms with Crippen LogP contribution < -0.4 is 9.47 Å². The van der Waals surface area contributed by atoms with Gasteiger partial charge in [0, 0.05) is 0 Å². The second-order valence-corrected chi connectivity index (χ2v) is 9.15. The molecular formula is C22H29NO12. The molecule has 5 atom stereocenters. The van der Waals surface area contributed by atoms with Gasteiger partial charge in [0.25, 0.3) is 5.69 Å². The summed E-state index contributed by atoms with van der Waals surface area (Å²) in [5.41, 5.74) is -0.186. The van der Waals surface area contributed by atoms with E-state index < -0.39 is 60.0 Å². The lowest BCUT2D eigenvalue weighted by atomic mass is 9.99. The molecule has 13 heteroatoms. The minimum atomic E-state index is -1.04. The quantitative estimate of drug-likeness (QED) is 0.309. The Balaban J connectivity index is 1.39. The van der Waals surface area contributed by atoms with E-state index in [0.717, 1.165) is 0 Å². The molecule has 3 fully saturated rings. The van der Waals surface area contributed by atoms with Crippen molar-refractivity contribution in [3.05, 3.63) is 27.8 Å². The predicted molar refractivity (Wildman–Crippen MR) is 115 cm³/mol. The van der Waals surface area contributed by atoms with Gasteiger partial charge in [-0.2, -0.15) is 0 Å². The average molecular weight is 499 g/mol. The zero-order valence-corrected chi connectivity index (χ0v) is 20.3. The van der Waals surface area contributed by atoms with Crippen LogP contribution in [0, 0.1) is 10.1 Å². The van der Waals surface area contributed by atoms with E-state index in [4.69, 9.17) is 42.6 Å². The highest BCUT2D eigenvalue weighted by molar-refractivity contribution is 5.61. The number of nitro benzene ring substituents is 1. The van der Waals surface area contributed by atoms with Crippen molar-refractivity contribution in [2.24, 2.45) is 0 Å². The van der Waals surface area contributed by atoms with Gasteiger partial charge in [0.2, 0.25) is 0 Å². The Hall–Kier alpha value is -2.71. The summed E-state index contributed by atoms with van der Waals surface area (Å²) in [5, 5.41) is 11.4. The fourth-order valence-corrected chi connectivity index (χ4v) is 4.35. The minimum absolute atomic E-state index is 0.106. The molecule has 0 aromatic heterocycles. The second kappa shape index (κ2) is 9.39. The third kappa shape index (κ3) is 5.28. The van der Waals surface area contributed by atoms with Crippen molar-refractivity contribution in [3.63, 3.8) is 0 Å². The van der Waals surface area contributed by atoms with Crippen molar-refractivity contribution in [2.75, 3.05) is 20.8 Å². The molecule has 35 heavy (non-hydrogen) atoms. The summed E-state index contributed by atoms with van der Waals surface area (Å²) in [6.07, 6.45) is -4.08. The summed E-state index contributed by atoms with van der Waals surface area (Å²) < 4.78 is 50.3. The number of benzene rings is 1. The Morgan fingerprint density at radius 3 is 2.20 bits per heavy atom. The number of carbonyl (C=O) groups is 1. The summed E-state index contributed by atoms with van der Waals surface area (Å²) in [4.78, 5) is 23.1. The Morgan fingerprint density at radius 2 is 1.54 bits per heavy atom. The topological polar surface area (TPSA) is 143 Å². The standard InChI is InChI=1S/C22H29NO12/c1-21(2)32-16-15(31-19-18(17(16)33-21)34-22(3,4)35-19)10-30-20(24)29-9-11-7-13(27-5)14(28-6)8-12(11)23(25)26/h7-8,15-19H,9-10H2,1-6H3/t15-,16+,17+,18-,19-/m1/s1. The number of methoxy groups -OCH3 is 2. The SMILES string of the molecule is COc1cc(COC(=O)OC[C@H]2O[C@@H]3OC(C)(C)O[C@@H]3[C@H]3OC(C)(C)O[C@H]32)c([N+](=O)[O-])cc1OC. The number of rotatable bonds is 7. The number of nitrogens with zero attached hydrogens (tertiary/aromatic N) is 1. The first-order chi connectivity index (χ1) is 16.4. The van der Waals surface area contributed by atoms with Crippen molar-refractivity contribution < 1.29 is 52.3 Å². The van der Waals surface area contributed by atoms with Crippen LogP contribution in [0.2, 0.25) is 0 Å². The monoisotopic (exact) mass is 499 g/mol. The smallest absolute Gasteiger partial charge is 0.493 e. The van der Waals surface area contributed by atoms with E-state index >= 15 is 0 Å². The number of hydrogen-bond donors (Lipinski definition) is 0. The van der Waals surface area contributed by atoms with Crippen molar-refractivity contribution in [3.8, 4) is 11.5 Å². The van der Waals surface area contributed by atoms with E-state index in [-0.39, 0.29) is 29.4 Å². The molecule has 0 N–H and O–H groups in total. The van der Waals surface area contributed by atoms with Crippen LogP contribution in [0.5, 0.6) is 11.5 Å². The molecule has 3 heterocycles. The maximum atomic E-state index is 12.3. The van der Waals surface area contributed by atoms with Gasteiger partial charge in [-0.1, -0.05) is 0 Å². The molecule has 1 aromatic rings. The molecule has 0 radical (unpaired) electrons. The predicted octanol–water partition coefficient (Wildman–Crippen LogP) is 2.66. The molecule has 0 spiro atoms. The van der Waals surface area contributed by atoms with Crippen LogP contribution in [0.1, 0.15) is 33.3 Å². The highest BCUT2D eigenvalue weighted by atomic mass is 16.9. The fourth-order valence-electron chi connectivity index (χ4n) is 4.35. The zero-order chi connectivity index (χ0) is 25.5. The lowest BCUT2D eigenvalue weighted by Gasteiger charge is -2.36. The van der Waals surface area contributed by atoms with E-state index in [1.54, 1.807) is 27.7 Å². The Kier molecular flexibility index (Phi) is 6.81. The fraction of sp³-hybridized carbons (Fsp3) is 0.682. The number of carbonyl (C=O) groups excluding carboxylic acids is 1. The maximum absolute atomic E-state index is 12.3. The van der Waals surface area contributed by atoms with E-state index in [9.17, 15) is 14.9 Å². The van der Waals surface area contributed by atoms with Gasteiger partial charge in [0.1, 0.15) is 37.6 Å². The normalized spacial score (nSPS) is 30.2. The number of nitro groups is 1. The third-order valence-electron chi connectivity index (χ3n) is 5.74. The molecule has 4 rings (SSSR count). The summed E-state index contributed by atoms with van der Waals surface area (Å²) in [5.74, 6) is -1.34. The first-order valence-electron chi connectivity index (χ1n) is 11.0. The molecule has 3 aliphatic heterocycles. The van der Waals surface area contributed by atoms with Gasteiger partial charge in [0.05, 0.1) is 30.8 Å².